The number of aryl methyl sites for hydroxylation is 3. The fourth-order valence-corrected chi connectivity index (χ4v) is 2.02. The van der Waals surface area contributed by atoms with Gasteiger partial charge in [-0.15, -0.1) is 5.10 Å². The van der Waals surface area contributed by atoms with Crippen LogP contribution in [0.5, 0.6) is 0 Å². The number of amides is 1. The maximum Gasteiger partial charge on any atom is 0.291 e. The zero-order valence-electron chi connectivity index (χ0n) is 12.5. The van der Waals surface area contributed by atoms with Gasteiger partial charge < -0.3 is 5.32 Å². The number of aromatic nitrogens is 6. The number of hydrogen-bond acceptors (Lipinski definition) is 6. The Morgan fingerprint density at radius 3 is 2.68 bits per heavy atom. The fourth-order valence-electron chi connectivity index (χ4n) is 2.02. The molecular weight excluding hydrogens is 282 g/mol. The molecule has 0 atom stereocenters. The van der Waals surface area contributed by atoms with Gasteiger partial charge in [0.25, 0.3) is 11.7 Å². The molecule has 3 heterocycles. The van der Waals surface area contributed by atoms with Gasteiger partial charge in [0.1, 0.15) is 0 Å². The summed E-state index contributed by atoms with van der Waals surface area (Å²) in [5, 5.41) is 6.90. The minimum atomic E-state index is -0.370. The molecule has 0 unspecified atom stereocenters. The van der Waals surface area contributed by atoms with Crippen LogP contribution in [0, 0.1) is 20.8 Å². The summed E-state index contributed by atoms with van der Waals surface area (Å²) < 4.78 is 1.55. The van der Waals surface area contributed by atoms with Gasteiger partial charge in [0.15, 0.2) is 0 Å². The van der Waals surface area contributed by atoms with E-state index >= 15 is 0 Å². The van der Waals surface area contributed by atoms with Crippen LogP contribution in [0.4, 0.5) is 0 Å². The lowest BCUT2D eigenvalue weighted by Gasteiger charge is -2.01. The lowest BCUT2D eigenvalue weighted by molar-refractivity contribution is 0.0940. The Morgan fingerprint density at radius 1 is 1.14 bits per heavy atom. The molecule has 22 heavy (non-hydrogen) atoms. The number of nitrogens with zero attached hydrogens (tertiary/aromatic N) is 6. The number of carbonyl (C=O) groups excluding carboxylic acids is 1. The molecule has 0 aliphatic rings. The predicted molar refractivity (Wildman–Crippen MR) is 78.2 cm³/mol. The van der Waals surface area contributed by atoms with Gasteiger partial charge >= 0.3 is 0 Å². The highest BCUT2D eigenvalue weighted by Crippen LogP contribution is 2.05. The van der Waals surface area contributed by atoms with Gasteiger partial charge in [0, 0.05) is 17.6 Å². The number of hydrogen-bond donors (Lipinski definition) is 1. The van der Waals surface area contributed by atoms with Crippen LogP contribution >= 0.6 is 0 Å². The molecular formula is C14H15N7O. The molecule has 0 spiro atoms. The van der Waals surface area contributed by atoms with E-state index in [0.29, 0.717) is 11.5 Å². The molecule has 0 saturated carbocycles. The van der Waals surface area contributed by atoms with E-state index in [1.807, 2.05) is 26.8 Å². The van der Waals surface area contributed by atoms with Crippen molar-refractivity contribution in [2.75, 3.05) is 0 Å². The van der Waals surface area contributed by atoms with E-state index in [1.165, 1.54) is 0 Å². The van der Waals surface area contributed by atoms with Crippen LogP contribution in [0.2, 0.25) is 0 Å². The SMILES string of the molecule is Cc1cnc(CNC(=O)c2nc3nc(C)cc(C)n3n2)cn1. The average molecular weight is 297 g/mol. The van der Waals surface area contributed by atoms with E-state index in [1.54, 1.807) is 16.9 Å². The molecule has 8 heteroatoms. The third-order valence-corrected chi connectivity index (χ3v) is 3.09. The van der Waals surface area contributed by atoms with Crippen LogP contribution in [0.1, 0.15) is 33.4 Å². The summed E-state index contributed by atoms with van der Waals surface area (Å²) in [6.07, 6.45) is 3.28. The van der Waals surface area contributed by atoms with E-state index in [2.05, 4.69) is 30.4 Å². The summed E-state index contributed by atoms with van der Waals surface area (Å²) in [5.41, 5.74) is 3.21. The summed E-state index contributed by atoms with van der Waals surface area (Å²) in [5.74, 6) is 0.129. The van der Waals surface area contributed by atoms with Gasteiger partial charge in [-0.05, 0) is 26.8 Å². The minimum Gasteiger partial charge on any atom is -0.344 e. The van der Waals surface area contributed by atoms with E-state index < -0.39 is 0 Å². The molecule has 0 radical (unpaired) electrons. The number of carbonyl (C=O) groups is 1. The van der Waals surface area contributed by atoms with E-state index in [0.717, 1.165) is 17.1 Å². The molecule has 3 aromatic rings. The lowest BCUT2D eigenvalue weighted by Crippen LogP contribution is -2.24. The standard InChI is InChI=1S/C14H15N7O/c1-8-4-10(3)21-14(18-8)19-12(20-21)13(22)17-7-11-6-15-9(2)5-16-11/h4-6H,7H2,1-3H3,(H,17,22). The molecule has 0 aromatic carbocycles. The van der Waals surface area contributed by atoms with Crippen LogP contribution in [0.25, 0.3) is 5.78 Å². The van der Waals surface area contributed by atoms with E-state index in [-0.39, 0.29) is 18.3 Å². The molecule has 112 valence electrons. The molecule has 0 aliphatic carbocycles. The largest absolute Gasteiger partial charge is 0.344 e. The maximum atomic E-state index is 12.1. The highest BCUT2D eigenvalue weighted by molar-refractivity contribution is 5.90. The molecule has 0 aliphatic heterocycles. The number of rotatable bonds is 3. The van der Waals surface area contributed by atoms with Crippen molar-refractivity contribution in [2.24, 2.45) is 0 Å². The van der Waals surface area contributed by atoms with E-state index in [4.69, 9.17) is 0 Å². The molecule has 3 aromatic heterocycles. The second-order valence-corrected chi connectivity index (χ2v) is 5.02. The minimum absolute atomic E-state index is 0.0845. The van der Waals surface area contributed by atoms with Gasteiger partial charge in [-0.1, -0.05) is 0 Å². The van der Waals surface area contributed by atoms with Crippen LogP contribution in [-0.4, -0.2) is 35.5 Å². The lowest BCUT2D eigenvalue weighted by atomic mass is 10.4. The highest BCUT2D eigenvalue weighted by atomic mass is 16.2. The number of nitrogens with one attached hydrogen (secondary N) is 1. The predicted octanol–water partition coefficient (Wildman–Crippen LogP) is 0.770. The Hall–Kier alpha value is -2.90. The van der Waals surface area contributed by atoms with Crippen molar-refractivity contribution in [3.8, 4) is 0 Å². The second-order valence-electron chi connectivity index (χ2n) is 5.02. The van der Waals surface area contributed by atoms with Crippen molar-refractivity contribution in [3.05, 3.63) is 47.1 Å². The molecule has 0 saturated heterocycles. The Bertz CT molecular complexity index is 838. The smallest absolute Gasteiger partial charge is 0.291 e. The van der Waals surface area contributed by atoms with Gasteiger partial charge in [0.05, 0.1) is 24.1 Å². The highest BCUT2D eigenvalue weighted by Gasteiger charge is 2.14. The quantitative estimate of drug-likeness (QED) is 0.766. The molecule has 0 bridgehead atoms. The Morgan fingerprint density at radius 2 is 1.95 bits per heavy atom. The third-order valence-electron chi connectivity index (χ3n) is 3.09. The summed E-state index contributed by atoms with van der Waals surface area (Å²) in [7, 11) is 0. The summed E-state index contributed by atoms with van der Waals surface area (Å²) in [6.45, 7) is 5.89. The normalized spacial score (nSPS) is 10.9. The first kappa shape index (κ1) is 14.1. The third kappa shape index (κ3) is 2.76. The summed E-state index contributed by atoms with van der Waals surface area (Å²) in [4.78, 5) is 28.8. The van der Waals surface area contributed by atoms with Crippen LogP contribution in [-0.2, 0) is 6.54 Å². The Kier molecular flexibility index (Phi) is 3.50. The maximum absolute atomic E-state index is 12.1. The topological polar surface area (TPSA) is 98.0 Å². The van der Waals surface area contributed by atoms with Crippen molar-refractivity contribution in [3.63, 3.8) is 0 Å². The first-order valence-electron chi connectivity index (χ1n) is 6.79. The second kappa shape index (κ2) is 5.47. The van der Waals surface area contributed by atoms with Crippen molar-refractivity contribution < 1.29 is 4.79 Å². The Labute approximate surface area is 126 Å². The average Bonchev–Trinajstić information content (AvgIpc) is 2.90. The Balaban J connectivity index is 1.77. The zero-order valence-corrected chi connectivity index (χ0v) is 12.5. The zero-order chi connectivity index (χ0) is 15.7. The fraction of sp³-hybridized carbons (Fsp3) is 0.286. The van der Waals surface area contributed by atoms with Crippen molar-refractivity contribution >= 4 is 11.7 Å². The van der Waals surface area contributed by atoms with Crippen molar-refractivity contribution in [2.45, 2.75) is 27.3 Å². The van der Waals surface area contributed by atoms with Gasteiger partial charge in [-0.2, -0.15) is 4.98 Å². The van der Waals surface area contributed by atoms with Crippen LogP contribution in [0.15, 0.2) is 18.5 Å². The molecule has 8 nitrogen and oxygen atoms in total. The summed E-state index contributed by atoms with van der Waals surface area (Å²) in [6, 6.07) is 1.88. The van der Waals surface area contributed by atoms with Gasteiger partial charge in [-0.25, -0.2) is 9.50 Å². The number of fused-ring (bicyclic) bond motifs is 1. The monoisotopic (exact) mass is 297 g/mol. The molecule has 3 rings (SSSR count). The summed E-state index contributed by atoms with van der Waals surface area (Å²) >= 11 is 0. The van der Waals surface area contributed by atoms with Crippen molar-refractivity contribution in [1.82, 2.24) is 34.9 Å². The first-order valence-corrected chi connectivity index (χ1v) is 6.79. The molecule has 1 amide bonds. The van der Waals surface area contributed by atoms with Crippen LogP contribution < -0.4 is 5.32 Å². The van der Waals surface area contributed by atoms with Gasteiger partial charge in [-0.3, -0.25) is 14.8 Å². The molecule has 0 fully saturated rings. The van der Waals surface area contributed by atoms with E-state index in [9.17, 15) is 4.79 Å². The molecule has 1 N–H and O–H groups in total. The van der Waals surface area contributed by atoms with Gasteiger partial charge in [0.2, 0.25) is 5.82 Å². The van der Waals surface area contributed by atoms with Crippen LogP contribution in [0.3, 0.4) is 0 Å². The van der Waals surface area contributed by atoms with Crippen molar-refractivity contribution in [1.29, 1.82) is 0 Å². The first-order chi connectivity index (χ1) is 10.5.